The molecule has 2 heterocycles. The summed E-state index contributed by atoms with van der Waals surface area (Å²) >= 11 is 5.61. The van der Waals surface area contributed by atoms with Gasteiger partial charge in [-0.15, -0.1) is 0 Å². The molecular weight excluding hydrogens is 296 g/mol. The lowest BCUT2D eigenvalue weighted by Gasteiger charge is -2.24. The minimum Gasteiger partial charge on any atom is -0.358 e. The Bertz CT molecular complexity index is 635. The SMILES string of the molecule is CC1(Nc2nc(Cl)ncc2[N+](=O)[O-])CCS(=O)(=O)C1. The monoisotopic (exact) mass is 306 g/mol. The zero-order valence-electron chi connectivity index (χ0n) is 9.96. The second-order valence-electron chi connectivity index (χ2n) is 4.66. The highest BCUT2D eigenvalue weighted by Crippen LogP contribution is 2.31. The molecule has 0 saturated carbocycles. The van der Waals surface area contributed by atoms with Gasteiger partial charge in [0.05, 0.1) is 22.0 Å². The van der Waals surface area contributed by atoms with E-state index in [0.717, 1.165) is 6.20 Å². The van der Waals surface area contributed by atoms with Crippen molar-refractivity contribution < 1.29 is 13.3 Å². The Morgan fingerprint density at radius 3 is 2.79 bits per heavy atom. The summed E-state index contributed by atoms with van der Waals surface area (Å²) in [5.41, 5.74) is -1.13. The molecule has 1 aromatic heterocycles. The van der Waals surface area contributed by atoms with Crippen LogP contribution in [0.1, 0.15) is 13.3 Å². The predicted octanol–water partition coefficient (Wildman–Crippen LogP) is 1.03. The third-order valence-corrected chi connectivity index (χ3v) is 4.95. The normalized spacial score (nSPS) is 25.2. The van der Waals surface area contributed by atoms with E-state index in [9.17, 15) is 18.5 Å². The van der Waals surface area contributed by atoms with Crippen LogP contribution in [0.3, 0.4) is 0 Å². The first kappa shape index (κ1) is 13.9. The molecule has 1 aliphatic rings. The molecule has 0 aromatic carbocycles. The molecule has 10 heteroatoms. The lowest BCUT2D eigenvalue weighted by atomic mass is 10.0. The maximum Gasteiger partial charge on any atom is 0.329 e. The van der Waals surface area contributed by atoms with E-state index < -0.39 is 20.3 Å². The number of anilines is 1. The number of nitro groups is 1. The van der Waals surface area contributed by atoms with Crippen molar-refractivity contribution in [2.24, 2.45) is 0 Å². The minimum atomic E-state index is -3.13. The molecule has 2 rings (SSSR count). The van der Waals surface area contributed by atoms with Crippen molar-refractivity contribution in [1.29, 1.82) is 0 Å². The number of halogens is 1. The van der Waals surface area contributed by atoms with Crippen LogP contribution in [-0.4, -0.2) is 40.4 Å². The van der Waals surface area contributed by atoms with Crippen molar-refractivity contribution in [3.8, 4) is 0 Å². The van der Waals surface area contributed by atoms with Crippen LogP contribution in [0.5, 0.6) is 0 Å². The van der Waals surface area contributed by atoms with Crippen molar-refractivity contribution in [3.63, 3.8) is 0 Å². The van der Waals surface area contributed by atoms with E-state index in [1.165, 1.54) is 0 Å². The topological polar surface area (TPSA) is 115 Å². The van der Waals surface area contributed by atoms with Gasteiger partial charge in [-0.1, -0.05) is 0 Å². The first-order valence-electron chi connectivity index (χ1n) is 5.36. The molecule has 1 saturated heterocycles. The first-order valence-corrected chi connectivity index (χ1v) is 7.56. The van der Waals surface area contributed by atoms with Crippen molar-refractivity contribution in [2.75, 3.05) is 16.8 Å². The van der Waals surface area contributed by atoms with Crippen LogP contribution in [-0.2, 0) is 9.84 Å². The van der Waals surface area contributed by atoms with Crippen LogP contribution in [0.15, 0.2) is 6.20 Å². The Hall–Kier alpha value is -1.48. The summed E-state index contributed by atoms with van der Waals surface area (Å²) in [6.45, 7) is 1.68. The van der Waals surface area contributed by atoms with E-state index in [4.69, 9.17) is 11.6 Å². The molecule has 0 radical (unpaired) electrons. The lowest BCUT2D eigenvalue weighted by molar-refractivity contribution is -0.384. The van der Waals surface area contributed by atoms with E-state index in [2.05, 4.69) is 15.3 Å². The summed E-state index contributed by atoms with van der Waals surface area (Å²) in [7, 11) is -3.13. The smallest absolute Gasteiger partial charge is 0.329 e. The van der Waals surface area contributed by atoms with Crippen LogP contribution in [0.2, 0.25) is 5.28 Å². The highest BCUT2D eigenvalue weighted by atomic mass is 35.5. The van der Waals surface area contributed by atoms with Crippen LogP contribution in [0.4, 0.5) is 11.5 Å². The number of nitrogens with one attached hydrogen (secondary N) is 1. The van der Waals surface area contributed by atoms with Crippen molar-refractivity contribution in [1.82, 2.24) is 9.97 Å². The molecule has 104 valence electrons. The fourth-order valence-corrected chi connectivity index (χ4v) is 4.20. The largest absolute Gasteiger partial charge is 0.358 e. The summed E-state index contributed by atoms with van der Waals surface area (Å²) in [6.07, 6.45) is 1.35. The van der Waals surface area contributed by atoms with Gasteiger partial charge in [-0.25, -0.2) is 13.4 Å². The maximum atomic E-state index is 11.5. The molecule has 8 nitrogen and oxygen atoms in total. The summed E-state index contributed by atoms with van der Waals surface area (Å²) in [4.78, 5) is 17.5. The zero-order valence-corrected chi connectivity index (χ0v) is 11.5. The quantitative estimate of drug-likeness (QED) is 0.503. The second-order valence-corrected chi connectivity index (χ2v) is 7.18. The standard InChI is InChI=1S/C9H11ClN4O4S/c1-9(2-3-19(17,18)5-9)13-7-6(14(15)16)4-11-8(10)12-7/h4H,2-3,5H2,1H3,(H,11,12,13). The Morgan fingerprint density at radius 1 is 1.58 bits per heavy atom. The van der Waals surface area contributed by atoms with Gasteiger partial charge in [-0.05, 0) is 24.9 Å². The van der Waals surface area contributed by atoms with Crippen LogP contribution in [0, 0.1) is 10.1 Å². The molecule has 1 atom stereocenters. The molecule has 0 amide bonds. The van der Waals surface area contributed by atoms with Crippen molar-refractivity contribution in [3.05, 3.63) is 21.6 Å². The lowest BCUT2D eigenvalue weighted by Crippen LogP contribution is -2.36. The fraction of sp³-hybridized carbons (Fsp3) is 0.556. The Kier molecular flexibility index (Phi) is 3.35. The van der Waals surface area contributed by atoms with Gasteiger partial charge in [0.25, 0.3) is 0 Å². The minimum absolute atomic E-state index is 0.0448. The summed E-state index contributed by atoms with van der Waals surface area (Å²) < 4.78 is 23.0. The molecule has 0 bridgehead atoms. The van der Waals surface area contributed by atoms with Crippen molar-refractivity contribution in [2.45, 2.75) is 18.9 Å². The fourth-order valence-electron chi connectivity index (χ4n) is 1.97. The highest BCUT2D eigenvalue weighted by Gasteiger charge is 2.39. The van der Waals surface area contributed by atoms with Crippen LogP contribution in [0.25, 0.3) is 0 Å². The molecule has 19 heavy (non-hydrogen) atoms. The zero-order chi connectivity index (χ0) is 14.3. The van der Waals surface area contributed by atoms with Gasteiger partial charge in [0.1, 0.15) is 6.20 Å². The molecular formula is C9H11ClN4O4S. The van der Waals surface area contributed by atoms with E-state index in [-0.39, 0.29) is 28.3 Å². The molecule has 0 aliphatic carbocycles. The second kappa shape index (κ2) is 4.57. The number of aromatic nitrogens is 2. The van der Waals surface area contributed by atoms with Gasteiger partial charge >= 0.3 is 5.69 Å². The summed E-state index contributed by atoms with van der Waals surface area (Å²) in [6, 6.07) is 0. The Morgan fingerprint density at radius 2 is 2.26 bits per heavy atom. The molecule has 1 aromatic rings. The average Bonchev–Trinajstić information content (AvgIpc) is 2.52. The van der Waals surface area contributed by atoms with Gasteiger partial charge < -0.3 is 5.32 Å². The number of hydrogen-bond donors (Lipinski definition) is 1. The van der Waals surface area contributed by atoms with E-state index in [1.807, 2.05) is 0 Å². The first-order chi connectivity index (χ1) is 8.71. The number of hydrogen-bond acceptors (Lipinski definition) is 7. The molecule has 0 spiro atoms. The van der Waals surface area contributed by atoms with Gasteiger partial charge in [0.15, 0.2) is 9.84 Å². The molecule has 1 aliphatic heterocycles. The van der Waals surface area contributed by atoms with Gasteiger partial charge in [0, 0.05) is 0 Å². The third-order valence-electron chi connectivity index (χ3n) is 2.86. The van der Waals surface area contributed by atoms with Crippen LogP contribution >= 0.6 is 11.6 Å². The average molecular weight is 307 g/mol. The molecule has 1 fully saturated rings. The Balaban J connectivity index is 2.33. The Labute approximate surface area is 114 Å². The maximum absolute atomic E-state index is 11.5. The third kappa shape index (κ3) is 3.10. The van der Waals surface area contributed by atoms with E-state index >= 15 is 0 Å². The van der Waals surface area contributed by atoms with Gasteiger partial charge in [-0.2, -0.15) is 4.98 Å². The number of rotatable bonds is 3. The molecule has 1 N–H and O–H groups in total. The molecule has 1 unspecified atom stereocenters. The highest BCUT2D eigenvalue weighted by molar-refractivity contribution is 7.91. The summed E-state index contributed by atoms with van der Waals surface area (Å²) in [5, 5.41) is 13.5. The summed E-state index contributed by atoms with van der Waals surface area (Å²) in [5.74, 6) is -0.119. The van der Waals surface area contributed by atoms with Gasteiger partial charge in [0.2, 0.25) is 11.1 Å². The number of nitrogens with zero attached hydrogens (tertiary/aromatic N) is 3. The van der Waals surface area contributed by atoms with Crippen molar-refractivity contribution >= 4 is 32.9 Å². The van der Waals surface area contributed by atoms with Crippen LogP contribution < -0.4 is 5.32 Å². The number of sulfone groups is 1. The van der Waals surface area contributed by atoms with E-state index in [1.54, 1.807) is 6.92 Å². The van der Waals surface area contributed by atoms with E-state index in [0.29, 0.717) is 6.42 Å². The predicted molar refractivity (Wildman–Crippen MR) is 69.0 cm³/mol. The van der Waals surface area contributed by atoms with Gasteiger partial charge in [-0.3, -0.25) is 10.1 Å².